The third kappa shape index (κ3) is 4.34. The smallest absolute Gasteiger partial charge is 0.0105 e. The second kappa shape index (κ2) is 6.68. The second-order valence-corrected chi connectivity index (χ2v) is 4.34. The lowest BCUT2D eigenvalue weighted by molar-refractivity contribution is 0.226. The van der Waals surface area contributed by atoms with Crippen LogP contribution in [0.4, 0.5) is 0 Å². The van der Waals surface area contributed by atoms with E-state index in [-0.39, 0.29) is 0 Å². The SMILES string of the molecule is CN(CCCS)C1CCCNCC1. The molecule has 0 aliphatic carbocycles. The lowest BCUT2D eigenvalue weighted by Crippen LogP contribution is -2.33. The van der Waals surface area contributed by atoms with Gasteiger partial charge in [-0.15, -0.1) is 0 Å². The summed E-state index contributed by atoms with van der Waals surface area (Å²) in [5.74, 6) is 1.01. The quantitative estimate of drug-likeness (QED) is 0.670. The molecule has 0 amide bonds. The van der Waals surface area contributed by atoms with Crippen molar-refractivity contribution in [1.82, 2.24) is 10.2 Å². The third-order valence-electron chi connectivity index (χ3n) is 2.84. The van der Waals surface area contributed by atoms with E-state index in [1.165, 1.54) is 45.3 Å². The minimum Gasteiger partial charge on any atom is -0.317 e. The molecular weight excluding hydrogens is 180 g/mol. The van der Waals surface area contributed by atoms with Gasteiger partial charge in [0, 0.05) is 6.04 Å². The number of thiol groups is 1. The minimum atomic E-state index is 0.801. The molecular formula is C10H22N2S. The van der Waals surface area contributed by atoms with Gasteiger partial charge in [0.1, 0.15) is 0 Å². The number of nitrogens with zero attached hydrogens (tertiary/aromatic N) is 1. The fourth-order valence-electron chi connectivity index (χ4n) is 1.94. The molecule has 1 N–H and O–H groups in total. The average Bonchev–Trinajstić information content (AvgIpc) is 2.42. The Labute approximate surface area is 87.5 Å². The Morgan fingerprint density at radius 3 is 3.00 bits per heavy atom. The van der Waals surface area contributed by atoms with Crippen molar-refractivity contribution in [3.05, 3.63) is 0 Å². The van der Waals surface area contributed by atoms with Crippen molar-refractivity contribution in [3.63, 3.8) is 0 Å². The van der Waals surface area contributed by atoms with Crippen LogP contribution in [0.5, 0.6) is 0 Å². The van der Waals surface area contributed by atoms with E-state index in [9.17, 15) is 0 Å². The summed E-state index contributed by atoms with van der Waals surface area (Å²) in [5, 5.41) is 3.45. The summed E-state index contributed by atoms with van der Waals surface area (Å²) in [5.41, 5.74) is 0. The zero-order valence-corrected chi connectivity index (χ0v) is 9.52. The van der Waals surface area contributed by atoms with Crippen LogP contribution >= 0.6 is 12.6 Å². The fraction of sp³-hybridized carbons (Fsp3) is 1.00. The summed E-state index contributed by atoms with van der Waals surface area (Å²) in [4.78, 5) is 2.50. The highest BCUT2D eigenvalue weighted by molar-refractivity contribution is 7.80. The molecule has 0 bridgehead atoms. The topological polar surface area (TPSA) is 15.3 Å². The van der Waals surface area contributed by atoms with Gasteiger partial charge in [0.2, 0.25) is 0 Å². The highest BCUT2D eigenvalue weighted by atomic mass is 32.1. The normalized spacial score (nSPS) is 24.7. The van der Waals surface area contributed by atoms with Gasteiger partial charge in [-0.05, 0) is 58.1 Å². The van der Waals surface area contributed by atoms with Crippen LogP contribution in [-0.2, 0) is 0 Å². The van der Waals surface area contributed by atoms with Gasteiger partial charge in [0.25, 0.3) is 0 Å². The zero-order valence-electron chi connectivity index (χ0n) is 8.63. The van der Waals surface area contributed by atoms with Crippen LogP contribution in [0.25, 0.3) is 0 Å². The van der Waals surface area contributed by atoms with Crippen molar-refractivity contribution >= 4 is 12.6 Å². The molecule has 0 aromatic rings. The predicted octanol–water partition coefficient (Wildman–Crippen LogP) is 1.38. The molecule has 1 atom stereocenters. The number of rotatable bonds is 4. The van der Waals surface area contributed by atoms with Gasteiger partial charge in [-0.1, -0.05) is 0 Å². The summed E-state index contributed by atoms with van der Waals surface area (Å²) in [6, 6.07) is 0.801. The standard InChI is InChI=1S/C10H22N2S/c1-12(8-3-9-13)10-4-2-6-11-7-5-10/h10-11,13H,2-9H2,1H3. The molecule has 1 saturated heterocycles. The van der Waals surface area contributed by atoms with E-state index in [4.69, 9.17) is 0 Å². The summed E-state index contributed by atoms with van der Waals surface area (Å²) in [7, 11) is 2.25. The molecule has 1 fully saturated rings. The van der Waals surface area contributed by atoms with Crippen LogP contribution in [0, 0.1) is 0 Å². The Morgan fingerprint density at radius 1 is 1.38 bits per heavy atom. The van der Waals surface area contributed by atoms with Gasteiger partial charge in [-0.3, -0.25) is 0 Å². The molecule has 0 radical (unpaired) electrons. The van der Waals surface area contributed by atoms with Crippen molar-refractivity contribution in [2.75, 3.05) is 32.4 Å². The Hall–Kier alpha value is 0.270. The lowest BCUT2D eigenvalue weighted by Gasteiger charge is -2.26. The zero-order chi connectivity index (χ0) is 9.52. The van der Waals surface area contributed by atoms with E-state index in [2.05, 4.69) is 29.9 Å². The first-order valence-electron chi connectivity index (χ1n) is 5.36. The van der Waals surface area contributed by atoms with Crippen LogP contribution in [0.3, 0.4) is 0 Å². The third-order valence-corrected chi connectivity index (χ3v) is 3.15. The van der Waals surface area contributed by atoms with Crippen molar-refractivity contribution in [3.8, 4) is 0 Å². The number of hydrogen-bond acceptors (Lipinski definition) is 3. The first-order valence-corrected chi connectivity index (χ1v) is 5.99. The van der Waals surface area contributed by atoms with Crippen molar-refractivity contribution in [2.45, 2.75) is 31.7 Å². The first-order chi connectivity index (χ1) is 6.34. The van der Waals surface area contributed by atoms with Crippen molar-refractivity contribution in [2.24, 2.45) is 0 Å². The molecule has 78 valence electrons. The van der Waals surface area contributed by atoms with Crippen LogP contribution in [-0.4, -0.2) is 43.4 Å². The van der Waals surface area contributed by atoms with Gasteiger partial charge in [-0.25, -0.2) is 0 Å². The Bertz CT molecular complexity index is 122. The maximum atomic E-state index is 4.24. The van der Waals surface area contributed by atoms with Gasteiger partial charge in [0.05, 0.1) is 0 Å². The molecule has 1 rings (SSSR count). The molecule has 1 unspecified atom stereocenters. The van der Waals surface area contributed by atoms with Gasteiger partial charge in [0.15, 0.2) is 0 Å². The summed E-state index contributed by atoms with van der Waals surface area (Å²) in [6.45, 7) is 3.60. The van der Waals surface area contributed by atoms with Crippen molar-refractivity contribution < 1.29 is 0 Å². The highest BCUT2D eigenvalue weighted by Crippen LogP contribution is 2.11. The molecule has 0 spiro atoms. The van der Waals surface area contributed by atoms with Gasteiger partial charge < -0.3 is 10.2 Å². The van der Waals surface area contributed by atoms with E-state index >= 15 is 0 Å². The van der Waals surface area contributed by atoms with Crippen LogP contribution in [0.2, 0.25) is 0 Å². The molecule has 1 heterocycles. The Kier molecular flexibility index (Phi) is 5.83. The fourth-order valence-corrected chi connectivity index (χ4v) is 2.09. The molecule has 3 heteroatoms. The molecule has 0 aromatic carbocycles. The maximum Gasteiger partial charge on any atom is 0.0105 e. The van der Waals surface area contributed by atoms with E-state index in [1.54, 1.807) is 0 Å². The monoisotopic (exact) mass is 202 g/mol. The molecule has 2 nitrogen and oxygen atoms in total. The number of nitrogens with one attached hydrogen (secondary N) is 1. The molecule has 1 aliphatic rings. The van der Waals surface area contributed by atoms with E-state index in [1.807, 2.05) is 0 Å². The van der Waals surface area contributed by atoms with Crippen molar-refractivity contribution in [1.29, 1.82) is 0 Å². The second-order valence-electron chi connectivity index (χ2n) is 3.89. The predicted molar refractivity (Wildman–Crippen MR) is 61.6 cm³/mol. The largest absolute Gasteiger partial charge is 0.317 e. The van der Waals surface area contributed by atoms with E-state index in [0.29, 0.717) is 0 Å². The summed E-state index contributed by atoms with van der Waals surface area (Å²) >= 11 is 4.24. The molecule has 13 heavy (non-hydrogen) atoms. The molecule has 0 saturated carbocycles. The summed E-state index contributed by atoms with van der Waals surface area (Å²) in [6.07, 6.45) is 5.21. The number of hydrogen-bond donors (Lipinski definition) is 2. The average molecular weight is 202 g/mol. The Balaban J connectivity index is 2.22. The lowest BCUT2D eigenvalue weighted by atomic mass is 10.1. The van der Waals surface area contributed by atoms with E-state index < -0.39 is 0 Å². The van der Waals surface area contributed by atoms with Gasteiger partial charge >= 0.3 is 0 Å². The van der Waals surface area contributed by atoms with Crippen LogP contribution < -0.4 is 5.32 Å². The van der Waals surface area contributed by atoms with Gasteiger partial charge in [-0.2, -0.15) is 12.6 Å². The van der Waals surface area contributed by atoms with Crippen LogP contribution in [0.1, 0.15) is 25.7 Å². The van der Waals surface area contributed by atoms with E-state index in [0.717, 1.165) is 11.8 Å². The maximum absolute atomic E-state index is 4.24. The summed E-state index contributed by atoms with van der Waals surface area (Å²) < 4.78 is 0. The first kappa shape index (κ1) is 11.3. The minimum absolute atomic E-state index is 0.801. The highest BCUT2D eigenvalue weighted by Gasteiger charge is 2.15. The Morgan fingerprint density at radius 2 is 2.23 bits per heavy atom. The molecule has 0 aromatic heterocycles. The van der Waals surface area contributed by atoms with Crippen LogP contribution in [0.15, 0.2) is 0 Å². The molecule has 1 aliphatic heterocycles.